The van der Waals surface area contributed by atoms with Gasteiger partial charge in [-0.25, -0.2) is 9.59 Å². The van der Waals surface area contributed by atoms with Crippen LogP contribution in [-0.2, 0) is 11.2 Å². The molecule has 12 nitrogen and oxygen atoms in total. The lowest BCUT2D eigenvalue weighted by Crippen LogP contribution is -2.48. The minimum absolute atomic E-state index is 0.0429. The number of hydrogen-bond acceptors (Lipinski definition) is 7. The summed E-state index contributed by atoms with van der Waals surface area (Å²) in [5.74, 6) is 0.695. The second-order valence-corrected chi connectivity index (χ2v) is 11.7. The molecule has 230 valence electrons. The summed E-state index contributed by atoms with van der Waals surface area (Å²) in [4.78, 5) is 42.4. The van der Waals surface area contributed by atoms with Crippen LogP contribution >= 0.6 is 0 Å². The van der Waals surface area contributed by atoms with Crippen molar-refractivity contribution in [1.29, 1.82) is 0 Å². The number of nitrogens with zero attached hydrogens (tertiary/aromatic N) is 3. The maximum absolute atomic E-state index is 13.5. The van der Waals surface area contributed by atoms with E-state index in [1.165, 1.54) is 11.3 Å². The van der Waals surface area contributed by atoms with E-state index in [1.54, 1.807) is 50.9 Å². The quantitative estimate of drug-likeness (QED) is 0.383. The van der Waals surface area contributed by atoms with Crippen LogP contribution in [0.25, 0.3) is 0 Å². The number of aliphatic hydroxyl groups is 1. The minimum Gasteiger partial charge on any atom is -0.488 e. The topological polar surface area (TPSA) is 149 Å². The Morgan fingerprint density at radius 3 is 2.60 bits per heavy atom. The van der Waals surface area contributed by atoms with Gasteiger partial charge in [0.05, 0.1) is 25.6 Å². The highest BCUT2D eigenvalue weighted by Gasteiger charge is 2.32. The number of aryl methyl sites for hydroxylation is 2. The summed E-state index contributed by atoms with van der Waals surface area (Å²) >= 11 is 0. The number of benzene rings is 1. The molecule has 0 bridgehead atoms. The number of anilines is 2. The molecule has 1 aromatic heterocycles. The molecule has 5 amide bonds. The van der Waals surface area contributed by atoms with Gasteiger partial charge >= 0.3 is 12.1 Å². The maximum Gasteiger partial charge on any atom is 0.321 e. The Labute approximate surface area is 247 Å². The van der Waals surface area contributed by atoms with Gasteiger partial charge in [-0.05, 0) is 51.8 Å². The van der Waals surface area contributed by atoms with Crippen molar-refractivity contribution < 1.29 is 28.8 Å². The molecule has 1 aromatic carbocycles. The second-order valence-electron chi connectivity index (χ2n) is 11.7. The summed E-state index contributed by atoms with van der Waals surface area (Å²) in [6, 6.07) is 4.42. The third-order valence-corrected chi connectivity index (χ3v) is 8.18. The first-order valence-corrected chi connectivity index (χ1v) is 14.8. The number of amides is 5. The molecule has 2 heterocycles. The highest BCUT2D eigenvalue weighted by Crippen LogP contribution is 2.29. The smallest absolute Gasteiger partial charge is 0.321 e. The summed E-state index contributed by atoms with van der Waals surface area (Å²) in [6.45, 7) is 7.64. The number of urea groups is 2. The normalized spacial score (nSPS) is 20.3. The van der Waals surface area contributed by atoms with Gasteiger partial charge in [-0.2, -0.15) is 0 Å². The first-order chi connectivity index (χ1) is 20.0. The second kappa shape index (κ2) is 13.9. The zero-order chi connectivity index (χ0) is 30.4. The molecule has 0 saturated heterocycles. The minimum atomic E-state index is -0.475. The van der Waals surface area contributed by atoms with Crippen LogP contribution in [0.15, 0.2) is 22.7 Å². The highest BCUT2D eigenvalue weighted by molar-refractivity contribution is 5.91. The standard InChI is InChI=1S/C30H44N6O6/c1-18-15-36(19(2)17-37)27(38)14-22-13-24(32-29(39)31-23-9-7-6-8-10-23)11-12-25(22)41-26(18)16-35(5)30(40)33-28-20(3)34-42-21(28)4/h11-13,18-19,23,26,37H,6-10,14-17H2,1-5H3,(H,33,40)(H2,31,32,39)/t18-,19-,26-/m1/s1. The number of hydrogen-bond donors (Lipinski definition) is 4. The molecule has 2 aliphatic rings. The van der Waals surface area contributed by atoms with Crippen molar-refractivity contribution >= 4 is 29.3 Å². The fourth-order valence-electron chi connectivity index (χ4n) is 5.54. The molecule has 1 saturated carbocycles. The van der Waals surface area contributed by atoms with E-state index in [2.05, 4.69) is 21.1 Å². The Morgan fingerprint density at radius 1 is 1.19 bits per heavy atom. The van der Waals surface area contributed by atoms with E-state index in [9.17, 15) is 19.5 Å². The summed E-state index contributed by atoms with van der Waals surface area (Å²) < 4.78 is 11.7. The number of ether oxygens (including phenoxy) is 1. The van der Waals surface area contributed by atoms with Crippen molar-refractivity contribution in [2.24, 2.45) is 5.92 Å². The van der Waals surface area contributed by atoms with E-state index >= 15 is 0 Å². The molecule has 1 aliphatic heterocycles. The Bertz CT molecular complexity index is 1240. The number of likely N-dealkylation sites (N-methyl/N-ethyl adjacent to an activating group) is 1. The van der Waals surface area contributed by atoms with E-state index < -0.39 is 12.1 Å². The molecule has 3 atom stereocenters. The van der Waals surface area contributed by atoms with Crippen LogP contribution in [-0.4, -0.2) is 83.0 Å². The van der Waals surface area contributed by atoms with Gasteiger partial charge in [0.15, 0.2) is 5.76 Å². The fraction of sp³-hybridized carbons (Fsp3) is 0.600. The van der Waals surface area contributed by atoms with E-state index in [0.29, 0.717) is 40.7 Å². The Morgan fingerprint density at radius 2 is 1.93 bits per heavy atom. The van der Waals surface area contributed by atoms with Gasteiger partial charge in [0.2, 0.25) is 5.91 Å². The molecule has 2 aromatic rings. The van der Waals surface area contributed by atoms with Gasteiger partial charge in [-0.1, -0.05) is 31.3 Å². The van der Waals surface area contributed by atoms with Gasteiger partial charge in [0.1, 0.15) is 23.2 Å². The van der Waals surface area contributed by atoms with Crippen LogP contribution in [0.2, 0.25) is 0 Å². The molecule has 0 unspecified atom stereocenters. The van der Waals surface area contributed by atoms with Gasteiger partial charge in [-0.3, -0.25) is 4.79 Å². The number of aromatic nitrogens is 1. The molecular formula is C30H44N6O6. The number of fused-ring (bicyclic) bond motifs is 1. The lowest BCUT2D eigenvalue weighted by molar-refractivity contribution is -0.134. The van der Waals surface area contributed by atoms with Gasteiger partial charge in [0.25, 0.3) is 0 Å². The lowest BCUT2D eigenvalue weighted by Gasteiger charge is -2.34. The SMILES string of the molecule is Cc1noc(C)c1NC(=O)N(C)C[C@H]1Oc2ccc(NC(=O)NC3CCCCC3)cc2CC(=O)N([C@H](C)CO)C[C@H]1C. The van der Waals surface area contributed by atoms with Gasteiger partial charge in [0, 0.05) is 36.8 Å². The highest BCUT2D eigenvalue weighted by atomic mass is 16.5. The lowest BCUT2D eigenvalue weighted by atomic mass is 9.96. The number of nitrogens with one attached hydrogen (secondary N) is 3. The number of aliphatic hydroxyl groups excluding tert-OH is 1. The summed E-state index contributed by atoms with van der Waals surface area (Å²) in [6.07, 6.45) is 4.95. The van der Waals surface area contributed by atoms with E-state index in [0.717, 1.165) is 25.7 Å². The van der Waals surface area contributed by atoms with Crippen molar-refractivity contribution in [3.8, 4) is 5.75 Å². The zero-order valence-corrected chi connectivity index (χ0v) is 25.2. The predicted molar refractivity (Wildman–Crippen MR) is 159 cm³/mol. The number of carbonyl (C=O) groups is 3. The largest absolute Gasteiger partial charge is 0.488 e. The molecule has 1 aliphatic carbocycles. The molecule has 4 rings (SSSR count). The van der Waals surface area contributed by atoms with Crippen LogP contribution in [0, 0.1) is 19.8 Å². The third kappa shape index (κ3) is 7.72. The van der Waals surface area contributed by atoms with Gasteiger partial charge < -0.3 is 40.1 Å². The van der Waals surface area contributed by atoms with Gasteiger partial charge in [-0.15, -0.1) is 0 Å². The van der Waals surface area contributed by atoms with Crippen LogP contribution in [0.4, 0.5) is 21.0 Å². The van der Waals surface area contributed by atoms with E-state index in [-0.39, 0.29) is 49.5 Å². The Balaban J connectivity index is 1.54. The van der Waals surface area contributed by atoms with Crippen molar-refractivity contribution in [3.63, 3.8) is 0 Å². The van der Waals surface area contributed by atoms with Crippen LogP contribution in [0.5, 0.6) is 5.75 Å². The number of carbonyl (C=O) groups excluding carboxylic acids is 3. The number of rotatable bonds is 7. The van der Waals surface area contributed by atoms with Crippen molar-refractivity contribution in [2.45, 2.75) is 84.4 Å². The zero-order valence-electron chi connectivity index (χ0n) is 25.2. The summed E-state index contributed by atoms with van der Waals surface area (Å²) in [5, 5.41) is 22.6. The maximum atomic E-state index is 13.5. The van der Waals surface area contributed by atoms with E-state index in [4.69, 9.17) is 9.26 Å². The first kappa shape index (κ1) is 31.1. The monoisotopic (exact) mass is 584 g/mol. The van der Waals surface area contributed by atoms with Crippen molar-refractivity contribution in [1.82, 2.24) is 20.3 Å². The molecule has 4 N–H and O–H groups in total. The Kier molecular flexibility index (Phi) is 10.3. The van der Waals surface area contributed by atoms with Crippen molar-refractivity contribution in [3.05, 3.63) is 35.2 Å². The molecular weight excluding hydrogens is 540 g/mol. The van der Waals surface area contributed by atoms with Crippen LogP contribution in [0.1, 0.15) is 63.0 Å². The fourth-order valence-corrected chi connectivity index (χ4v) is 5.54. The third-order valence-electron chi connectivity index (χ3n) is 8.18. The summed E-state index contributed by atoms with van der Waals surface area (Å²) in [5.41, 5.74) is 2.29. The Hall–Kier alpha value is -3.80. The van der Waals surface area contributed by atoms with Crippen LogP contribution < -0.4 is 20.7 Å². The average molecular weight is 585 g/mol. The predicted octanol–water partition coefficient (Wildman–Crippen LogP) is 4.06. The van der Waals surface area contributed by atoms with Crippen LogP contribution in [0.3, 0.4) is 0 Å². The molecule has 12 heteroatoms. The molecule has 1 fully saturated rings. The first-order valence-electron chi connectivity index (χ1n) is 14.8. The summed E-state index contributed by atoms with van der Waals surface area (Å²) in [7, 11) is 1.67. The molecule has 0 radical (unpaired) electrons. The van der Waals surface area contributed by atoms with E-state index in [1.807, 2.05) is 6.92 Å². The van der Waals surface area contributed by atoms with Crippen molar-refractivity contribution in [2.75, 3.05) is 37.4 Å². The average Bonchev–Trinajstić information content (AvgIpc) is 3.29. The molecule has 42 heavy (non-hydrogen) atoms. The molecule has 0 spiro atoms.